The van der Waals surface area contributed by atoms with Gasteiger partial charge in [0.05, 0.1) is 13.2 Å². The average Bonchev–Trinajstić information content (AvgIpc) is 2.93. The van der Waals surface area contributed by atoms with Crippen molar-refractivity contribution in [2.24, 2.45) is 7.05 Å². The first kappa shape index (κ1) is 15.9. The van der Waals surface area contributed by atoms with Crippen LogP contribution < -0.4 is 9.47 Å². The van der Waals surface area contributed by atoms with E-state index >= 15 is 0 Å². The fraction of sp³-hybridized carbons (Fsp3) is 0.500. The van der Waals surface area contributed by atoms with Gasteiger partial charge >= 0.3 is 0 Å². The molecular formula is C18H22N4O3. The fourth-order valence-corrected chi connectivity index (χ4v) is 3.48. The van der Waals surface area contributed by atoms with Crippen LogP contribution in [0.15, 0.2) is 24.5 Å². The molecule has 1 fully saturated rings. The highest BCUT2D eigenvalue weighted by Crippen LogP contribution is 2.32. The summed E-state index contributed by atoms with van der Waals surface area (Å²) in [5.41, 5.74) is 0.654. The summed E-state index contributed by atoms with van der Waals surface area (Å²) < 4.78 is 13.3. The summed E-state index contributed by atoms with van der Waals surface area (Å²) in [5.74, 6) is 2.79. The molecule has 2 aromatic rings. The van der Waals surface area contributed by atoms with E-state index in [-0.39, 0.29) is 5.91 Å². The molecule has 1 aromatic carbocycles. The molecule has 0 bridgehead atoms. The largest absolute Gasteiger partial charge is 0.490 e. The quantitative estimate of drug-likeness (QED) is 0.835. The first-order chi connectivity index (χ1) is 12.2. The van der Waals surface area contributed by atoms with E-state index in [1.165, 1.54) is 0 Å². The second-order valence-corrected chi connectivity index (χ2v) is 6.58. The number of benzene rings is 1. The van der Waals surface area contributed by atoms with Crippen LogP contribution >= 0.6 is 0 Å². The molecule has 2 aliphatic heterocycles. The Morgan fingerprint density at radius 1 is 1.16 bits per heavy atom. The van der Waals surface area contributed by atoms with E-state index in [0.29, 0.717) is 30.4 Å². The van der Waals surface area contributed by atoms with Gasteiger partial charge in [0.1, 0.15) is 12.2 Å². The SMILES string of the molecule is Cn1cnnc1C1CCN(C(=O)c2ccc3c(c2)OCCCO3)CC1. The molecule has 7 heteroatoms. The van der Waals surface area contributed by atoms with Gasteiger partial charge in [0, 0.05) is 38.0 Å². The van der Waals surface area contributed by atoms with E-state index in [2.05, 4.69) is 10.2 Å². The molecule has 0 spiro atoms. The Morgan fingerprint density at radius 2 is 1.92 bits per heavy atom. The molecule has 2 aliphatic rings. The van der Waals surface area contributed by atoms with E-state index in [1.807, 2.05) is 28.6 Å². The number of ether oxygens (including phenoxy) is 2. The third-order valence-corrected chi connectivity index (χ3v) is 4.89. The third kappa shape index (κ3) is 3.18. The second-order valence-electron chi connectivity index (χ2n) is 6.58. The Kier molecular flexibility index (Phi) is 4.29. The molecule has 0 atom stereocenters. The van der Waals surface area contributed by atoms with Crippen molar-refractivity contribution in [3.05, 3.63) is 35.9 Å². The summed E-state index contributed by atoms with van der Waals surface area (Å²) in [4.78, 5) is 14.7. The molecular weight excluding hydrogens is 320 g/mol. The number of hydrogen-bond acceptors (Lipinski definition) is 5. The van der Waals surface area contributed by atoms with Crippen LogP contribution in [-0.4, -0.2) is 51.9 Å². The number of amides is 1. The van der Waals surface area contributed by atoms with Gasteiger partial charge in [0.25, 0.3) is 5.91 Å². The van der Waals surface area contributed by atoms with Crippen molar-refractivity contribution in [1.29, 1.82) is 0 Å². The van der Waals surface area contributed by atoms with Crippen molar-refractivity contribution >= 4 is 5.91 Å². The molecule has 1 aromatic heterocycles. The Hall–Kier alpha value is -2.57. The lowest BCUT2D eigenvalue weighted by molar-refractivity contribution is 0.0710. The topological polar surface area (TPSA) is 69.5 Å². The van der Waals surface area contributed by atoms with Crippen LogP contribution in [0.3, 0.4) is 0 Å². The number of fused-ring (bicyclic) bond motifs is 1. The molecule has 1 saturated heterocycles. The zero-order valence-electron chi connectivity index (χ0n) is 14.4. The number of aryl methyl sites for hydroxylation is 1. The number of rotatable bonds is 2. The van der Waals surface area contributed by atoms with E-state index in [0.717, 1.165) is 43.9 Å². The predicted molar refractivity (Wildman–Crippen MR) is 90.9 cm³/mol. The number of carbonyl (C=O) groups excluding carboxylic acids is 1. The molecule has 25 heavy (non-hydrogen) atoms. The van der Waals surface area contributed by atoms with Crippen LogP contribution in [0.25, 0.3) is 0 Å². The average molecular weight is 342 g/mol. The summed E-state index contributed by atoms with van der Waals surface area (Å²) in [6, 6.07) is 5.46. The fourth-order valence-electron chi connectivity index (χ4n) is 3.48. The number of aromatic nitrogens is 3. The highest BCUT2D eigenvalue weighted by Gasteiger charge is 2.27. The van der Waals surface area contributed by atoms with Crippen molar-refractivity contribution in [3.8, 4) is 11.5 Å². The van der Waals surface area contributed by atoms with Crippen molar-refractivity contribution in [3.63, 3.8) is 0 Å². The Balaban J connectivity index is 1.44. The van der Waals surface area contributed by atoms with Gasteiger partial charge in [0.15, 0.2) is 11.5 Å². The first-order valence-electron chi connectivity index (χ1n) is 8.75. The summed E-state index contributed by atoms with van der Waals surface area (Å²) in [6.45, 7) is 2.72. The monoisotopic (exact) mass is 342 g/mol. The summed E-state index contributed by atoms with van der Waals surface area (Å²) in [5, 5.41) is 8.16. The van der Waals surface area contributed by atoms with Crippen molar-refractivity contribution < 1.29 is 14.3 Å². The number of carbonyl (C=O) groups is 1. The van der Waals surface area contributed by atoms with Gasteiger partial charge in [-0.1, -0.05) is 0 Å². The predicted octanol–water partition coefficient (Wildman–Crippen LogP) is 2.00. The standard InChI is InChI=1S/C18H22N4O3/c1-21-12-19-20-17(21)13-5-7-22(8-6-13)18(23)14-3-4-15-16(11-14)25-10-2-9-24-15/h3-4,11-13H,2,5-10H2,1H3. The molecule has 0 aliphatic carbocycles. The van der Waals surface area contributed by atoms with Gasteiger partial charge in [-0.15, -0.1) is 10.2 Å². The summed E-state index contributed by atoms with van der Waals surface area (Å²) in [6.07, 6.45) is 4.39. The first-order valence-corrected chi connectivity index (χ1v) is 8.75. The van der Waals surface area contributed by atoms with Gasteiger partial charge < -0.3 is 18.9 Å². The molecule has 0 N–H and O–H groups in total. The molecule has 0 radical (unpaired) electrons. The lowest BCUT2D eigenvalue weighted by Gasteiger charge is -2.31. The Bertz CT molecular complexity index is 765. The number of likely N-dealkylation sites (tertiary alicyclic amines) is 1. The molecule has 1 amide bonds. The molecule has 4 rings (SSSR count). The highest BCUT2D eigenvalue weighted by molar-refractivity contribution is 5.95. The van der Waals surface area contributed by atoms with Gasteiger partial charge in [-0.05, 0) is 31.0 Å². The van der Waals surface area contributed by atoms with Crippen LogP contribution in [-0.2, 0) is 7.05 Å². The van der Waals surface area contributed by atoms with Crippen LogP contribution in [0.5, 0.6) is 11.5 Å². The van der Waals surface area contributed by atoms with E-state index in [1.54, 1.807) is 12.4 Å². The zero-order valence-corrected chi connectivity index (χ0v) is 14.4. The third-order valence-electron chi connectivity index (χ3n) is 4.89. The molecule has 0 unspecified atom stereocenters. The van der Waals surface area contributed by atoms with Crippen LogP contribution in [0, 0.1) is 0 Å². The van der Waals surface area contributed by atoms with Crippen molar-refractivity contribution in [2.75, 3.05) is 26.3 Å². The van der Waals surface area contributed by atoms with Gasteiger partial charge in [-0.2, -0.15) is 0 Å². The second kappa shape index (κ2) is 6.74. The number of nitrogens with zero attached hydrogens (tertiary/aromatic N) is 4. The van der Waals surface area contributed by atoms with Crippen molar-refractivity contribution in [1.82, 2.24) is 19.7 Å². The van der Waals surface area contributed by atoms with Gasteiger partial charge in [-0.3, -0.25) is 4.79 Å². The minimum absolute atomic E-state index is 0.0482. The van der Waals surface area contributed by atoms with E-state index in [9.17, 15) is 4.79 Å². The summed E-state index contributed by atoms with van der Waals surface area (Å²) in [7, 11) is 1.96. The smallest absolute Gasteiger partial charge is 0.253 e. The Morgan fingerprint density at radius 3 is 2.64 bits per heavy atom. The normalized spacial score (nSPS) is 18.0. The lowest BCUT2D eigenvalue weighted by atomic mass is 9.95. The van der Waals surface area contributed by atoms with Crippen LogP contribution in [0.2, 0.25) is 0 Å². The van der Waals surface area contributed by atoms with Crippen LogP contribution in [0.1, 0.15) is 41.4 Å². The molecule has 0 saturated carbocycles. The van der Waals surface area contributed by atoms with Gasteiger partial charge in [0.2, 0.25) is 0 Å². The highest BCUT2D eigenvalue weighted by atomic mass is 16.5. The summed E-state index contributed by atoms with van der Waals surface area (Å²) >= 11 is 0. The van der Waals surface area contributed by atoms with Crippen molar-refractivity contribution in [2.45, 2.75) is 25.2 Å². The Labute approximate surface area is 146 Å². The number of piperidine rings is 1. The lowest BCUT2D eigenvalue weighted by Crippen LogP contribution is -2.38. The minimum Gasteiger partial charge on any atom is -0.490 e. The molecule has 3 heterocycles. The number of hydrogen-bond donors (Lipinski definition) is 0. The minimum atomic E-state index is 0.0482. The molecule has 7 nitrogen and oxygen atoms in total. The maximum absolute atomic E-state index is 12.8. The van der Waals surface area contributed by atoms with Gasteiger partial charge in [-0.25, -0.2) is 0 Å². The van der Waals surface area contributed by atoms with E-state index < -0.39 is 0 Å². The maximum atomic E-state index is 12.8. The zero-order chi connectivity index (χ0) is 17.2. The van der Waals surface area contributed by atoms with E-state index in [4.69, 9.17) is 9.47 Å². The van der Waals surface area contributed by atoms with Crippen LogP contribution in [0.4, 0.5) is 0 Å². The maximum Gasteiger partial charge on any atom is 0.253 e. The molecule has 132 valence electrons.